The summed E-state index contributed by atoms with van der Waals surface area (Å²) in [5, 5.41) is 7.30. The van der Waals surface area contributed by atoms with Gasteiger partial charge in [0, 0.05) is 18.1 Å². The maximum absolute atomic E-state index is 12.6. The Labute approximate surface area is 140 Å². The van der Waals surface area contributed by atoms with Crippen LogP contribution >= 0.6 is 0 Å². The maximum atomic E-state index is 12.6. The van der Waals surface area contributed by atoms with Crippen molar-refractivity contribution >= 4 is 5.91 Å². The summed E-state index contributed by atoms with van der Waals surface area (Å²) in [5.41, 5.74) is 2.25. The van der Waals surface area contributed by atoms with Gasteiger partial charge in [-0.25, -0.2) is 14.6 Å². The number of nitrogens with zero attached hydrogens (tertiary/aromatic N) is 4. The van der Waals surface area contributed by atoms with Crippen molar-refractivity contribution in [2.24, 2.45) is 0 Å². The third-order valence-corrected chi connectivity index (χ3v) is 3.89. The van der Waals surface area contributed by atoms with E-state index in [2.05, 4.69) is 25.4 Å². The topological polar surface area (TPSA) is 88.5 Å². The second-order valence-electron chi connectivity index (χ2n) is 5.63. The van der Waals surface area contributed by atoms with Crippen LogP contribution in [0.1, 0.15) is 47.0 Å². The van der Waals surface area contributed by atoms with Crippen molar-refractivity contribution in [2.75, 3.05) is 0 Å². The summed E-state index contributed by atoms with van der Waals surface area (Å²) in [6.07, 6.45) is 5.77. The Morgan fingerprint density at radius 2 is 2.12 bits per heavy atom. The number of rotatable bonds is 5. The van der Waals surface area contributed by atoms with Crippen molar-refractivity contribution in [2.45, 2.75) is 33.2 Å². The molecule has 24 heavy (non-hydrogen) atoms. The van der Waals surface area contributed by atoms with E-state index < -0.39 is 0 Å². The number of pyridine rings is 1. The third kappa shape index (κ3) is 3.05. The number of aryl methyl sites for hydroxylation is 1. The van der Waals surface area contributed by atoms with E-state index in [1.807, 2.05) is 39.0 Å². The van der Waals surface area contributed by atoms with E-state index in [4.69, 9.17) is 0 Å². The van der Waals surface area contributed by atoms with E-state index >= 15 is 0 Å². The lowest BCUT2D eigenvalue weighted by Crippen LogP contribution is -2.29. The molecule has 1 unspecified atom stereocenters. The molecule has 3 aromatic rings. The van der Waals surface area contributed by atoms with Crippen LogP contribution in [0.4, 0.5) is 0 Å². The summed E-state index contributed by atoms with van der Waals surface area (Å²) in [7, 11) is 0. The number of imidazole rings is 1. The number of aromatic amines is 1. The van der Waals surface area contributed by atoms with E-state index in [9.17, 15) is 4.79 Å². The highest BCUT2D eigenvalue weighted by Gasteiger charge is 2.20. The lowest BCUT2D eigenvalue weighted by Gasteiger charge is -2.14. The Morgan fingerprint density at radius 1 is 1.29 bits per heavy atom. The van der Waals surface area contributed by atoms with Crippen molar-refractivity contribution in [1.29, 1.82) is 0 Å². The van der Waals surface area contributed by atoms with Crippen LogP contribution in [0.2, 0.25) is 0 Å². The molecule has 7 heteroatoms. The molecule has 0 radical (unpaired) electrons. The Balaban J connectivity index is 1.82. The predicted molar refractivity (Wildman–Crippen MR) is 89.9 cm³/mol. The van der Waals surface area contributed by atoms with Gasteiger partial charge in [-0.15, -0.1) is 0 Å². The zero-order valence-electron chi connectivity index (χ0n) is 13.9. The molecule has 0 fully saturated rings. The van der Waals surface area contributed by atoms with Gasteiger partial charge in [-0.3, -0.25) is 4.79 Å². The number of amides is 1. The molecule has 2 N–H and O–H groups in total. The summed E-state index contributed by atoms with van der Waals surface area (Å²) >= 11 is 0. The van der Waals surface area contributed by atoms with Crippen molar-refractivity contribution < 1.29 is 4.79 Å². The summed E-state index contributed by atoms with van der Waals surface area (Å²) in [6, 6.07) is 5.41. The first-order chi connectivity index (χ1) is 11.6. The van der Waals surface area contributed by atoms with Crippen LogP contribution in [0.5, 0.6) is 0 Å². The standard InChI is InChI=1S/C17H20N6O/c1-4-14(16-19-9-11(2)21-16)22-17(24)13-10-20-23(12(13)3)15-7-5-6-8-18-15/h5-10,14H,4H2,1-3H3,(H,19,21)(H,22,24). The fourth-order valence-electron chi connectivity index (χ4n) is 2.55. The second-order valence-corrected chi connectivity index (χ2v) is 5.63. The quantitative estimate of drug-likeness (QED) is 0.754. The van der Waals surface area contributed by atoms with Gasteiger partial charge in [0.1, 0.15) is 5.82 Å². The summed E-state index contributed by atoms with van der Waals surface area (Å²) in [5.74, 6) is 1.27. The van der Waals surface area contributed by atoms with E-state index in [-0.39, 0.29) is 11.9 Å². The molecule has 0 saturated carbocycles. The van der Waals surface area contributed by atoms with Crippen LogP contribution in [0.25, 0.3) is 5.82 Å². The Bertz CT molecular complexity index is 836. The number of hydrogen-bond acceptors (Lipinski definition) is 4. The molecule has 3 aromatic heterocycles. The van der Waals surface area contributed by atoms with Gasteiger partial charge in [-0.2, -0.15) is 5.10 Å². The van der Waals surface area contributed by atoms with Crippen molar-refractivity contribution in [3.8, 4) is 5.82 Å². The normalized spacial score (nSPS) is 12.1. The van der Waals surface area contributed by atoms with Crippen molar-refractivity contribution in [3.05, 3.63) is 59.6 Å². The van der Waals surface area contributed by atoms with Crippen molar-refractivity contribution in [3.63, 3.8) is 0 Å². The maximum Gasteiger partial charge on any atom is 0.255 e. The molecular weight excluding hydrogens is 304 g/mol. The minimum absolute atomic E-state index is 0.163. The van der Waals surface area contributed by atoms with Gasteiger partial charge in [0.25, 0.3) is 5.91 Å². The molecule has 7 nitrogen and oxygen atoms in total. The van der Waals surface area contributed by atoms with Crippen LogP contribution < -0.4 is 5.32 Å². The highest BCUT2D eigenvalue weighted by molar-refractivity contribution is 5.95. The van der Waals surface area contributed by atoms with Crippen LogP contribution in [0.15, 0.2) is 36.8 Å². The molecule has 1 amide bonds. The predicted octanol–water partition coefficient (Wildman–Crippen LogP) is 2.49. The highest BCUT2D eigenvalue weighted by Crippen LogP contribution is 2.16. The molecule has 124 valence electrons. The average Bonchev–Trinajstić information content (AvgIpc) is 3.19. The van der Waals surface area contributed by atoms with Gasteiger partial charge >= 0.3 is 0 Å². The van der Waals surface area contributed by atoms with Crippen LogP contribution in [-0.2, 0) is 0 Å². The third-order valence-electron chi connectivity index (χ3n) is 3.89. The molecule has 0 aliphatic rings. The lowest BCUT2D eigenvalue weighted by molar-refractivity contribution is 0.0933. The summed E-state index contributed by atoms with van der Waals surface area (Å²) in [4.78, 5) is 24.4. The smallest absolute Gasteiger partial charge is 0.255 e. The fourth-order valence-corrected chi connectivity index (χ4v) is 2.55. The van der Waals surface area contributed by atoms with E-state index in [0.717, 1.165) is 23.6 Å². The number of carbonyl (C=O) groups excluding carboxylic acids is 1. The Morgan fingerprint density at radius 3 is 2.75 bits per heavy atom. The molecule has 0 aliphatic heterocycles. The first-order valence-corrected chi connectivity index (χ1v) is 7.88. The number of aromatic nitrogens is 5. The molecule has 0 aliphatic carbocycles. The molecule has 0 aromatic carbocycles. The van der Waals surface area contributed by atoms with E-state index in [0.29, 0.717) is 11.4 Å². The Kier molecular flexibility index (Phi) is 4.41. The number of nitrogens with one attached hydrogen (secondary N) is 2. The monoisotopic (exact) mass is 324 g/mol. The SMILES string of the molecule is CCC(NC(=O)c1cnn(-c2ccccn2)c1C)c1ncc(C)[nH]1. The van der Waals surface area contributed by atoms with Gasteiger partial charge in [0.15, 0.2) is 5.82 Å². The summed E-state index contributed by atoms with van der Waals surface area (Å²) in [6.45, 7) is 5.80. The Hall–Kier alpha value is -2.96. The van der Waals surface area contributed by atoms with Gasteiger partial charge in [0.05, 0.1) is 23.5 Å². The molecule has 0 saturated heterocycles. The zero-order valence-corrected chi connectivity index (χ0v) is 13.9. The van der Waals surface area contributed by atoms with E-state index in [1.54, 1.807) is 23.3 Å². The zero-order chi connectivity index (χ0) is 17.1. The van der Waals surface area contributed by atoms with Crippen molar-refractivity contribution in [1.82, 2.24) is 30.0 Å². The first-order valence-electron chi connectivity index (χ1n) is 7.88. The molecule has 3 rings (SSSR count). The highest BCUT2D eigenvalue weighted by atomic mass is 16.1. The van der Waals surface area contributed by atoms with Crippen LogP contribution in [-0.4, -0.2) is 30.6 Å². The van der Waals surface area contributed by atoms with Gasteiger partial charge in [-0.1, -0.05) is 13.0 Å². The van der Waals surface area contributed by atoms with Gasteiger partial charge in [0.2, 0.25) is 0 Å². The van der Waals surface area contributed by atoms with E-state index in [1.165, 1.54) is 0 Å². The molecular formula is C17H20N6O. The second kappa shape index (κ2) is 6.66. The van der Waals surface area contributed by atoms with Gasteiger partial charge < -0.3 is 10.3 Å². The van der Waals surface area contributed by atoms with Crippen LogP contribution in [0.3, 0.4) is 0 Å². The molecule has 1 atom stereocenters. The number of hydrogen-bond donors (Lipinski definition) is 2. The molecule has 0 spiro atoms. The summed E-state index contributed by atoms with van der Waals surface area (Å²) < 4.78 is 1.66. The molecule has 3 heterocycles. The minimum Gasteiger partial charge on any atom is -0.344 e. The fraction of sp³-hybridized carbons (Fsp3) is 0.294. The largest absolute Gasteiger partial charge is 0.344 e. The number of H-pyrrole nitrogens is 1. The number of carbonyl (C=O) groups is 1. The van der Waals surface area contributed by atoms with Crippen LogP contribution in [0, 0.1) is 13.8 Å². The average molecular weight is 324 g/mol. The van der Waals surface area contributed by atoms with Gasteiger partial charge in [-0.05, 0) is 32.4 Å². The first kappa shape index (κ1) is 15.9. The minimum atomic E-state index is -0.171. The molecule has 0 bridgehead atoms. The lowest BCUT2D eigenvalue weighted by atomic mass is 10.2.